The fourth-order valence-electron chi connectivity index (χ4n) is 3.63. The van der Waals surface area contributed by atoms with E-state index >= 15 is 0 Å². The Bertz CT molecular complexity index is 423. The molecule has 5 unspecified atom stereocenters. The fraction of sp³-hybridized carbons (Fsp3) is 0.647. The molecule has 1 aliphatic rings. The van der Waals surface area contributed by atoms with Crippen LogP contribution in [0.3, 0.4) is 0 Å². The van der Waals surface area contributed by atoms with Crippen LogP contribution in [0.15, 0.2) is 18.2 Å². The Morgan fingerprint density at radius 3 is 2.11 bits per heavy atom. The van der Waals surface area contributed by atoms with Gasteiger partial charge in [0.15, 0.2) is 0 Å². The van der Waals surface area contributed by atoms with Gasteiger partial charge in [-0.05, 0) is 45.6 Å². The maximum atomic E-state index is 6.47. The second kappa shape index (κ2) is 5.64. The van der Waals surface area contributed by atoms with Crippen molar-refractivity contribution in [2.75, 3.05) is 0 Å². The predicted octanol–water partition coefficient (Wildman–Crippen LogP) is 3.23. The molecule has 2 nitrogen and oxygen atoms in total. The Kier molecular flexibility index (Phi) is 4.32. The number of aryl methyl sites for hydroxylation is 2. The smallest absolute Gasteiger partial charge is 0.0597 e. The van der Waals surface area contributed by atoms with Gasteiger partial charge in [0.2, 0.25) is 0 Å². The van der Waals surface area contributed by atoms with Gasteiger partial charge in [0.1, 0.15) is 0 Å². The maximum absolute atomic E-state index is 6.47. The molecule has 0 radical (unpaired) electrons. The van der Waals surface area contributed by atoms with Crippen LogP contribution in [-0.4, -0.2) is 18.2 Å². The van der Waals surface area contributed by atoms with Gasteiger partial charge in [-0.3, -0.25) is 0 Å². The van der Waals surface area contributed by atoms with Gasteiger partial charge < -0.3 is 10.5 Å². The van der Waals surface area contributed by atoms with Gasteiger partial charge >= 0.3 is 0 Å². The van der Waals surface area contributed by atoms with Crippen molar-refractivity contribution in [3.63, 3.8) is 0 Å². The quantitative estimate of drug-likeness (QED) is 0.906. The highest BCUT2D eigenvalue weighted by atomic mass is 16.5. The third-order valence-corrected chi connectivity index (χ3v) is 4.57. The average Bonchev–Trinajstić information content (AvgIpc) is 2.51. The normalized spacial score (nSPS) is 32.5. The van der Waals surface area contributed by atoms with Crippen molar-refractivity contribution in [1.29, 1.82) is 0 Å². The fourth-order valence-corrected chi connectivity index (χ4v) is 3.63. The van der Waals surface area contributed by atoms with Crippen molar-refractivity contribution < 1.29 is 4.74 Å². The van der Waals surface area contributed by atoms with E-state index in [4.69, 9.17) is 10.5 Å². The van der Waals surface area contributed by atoms with Crippen molar-refractivity contribution in [1.82, 2.24) is 0 Å². The lowest BCUT2D eigenvalue weighted by Crippen LogP contribution is -2.39. The van der Waals surface area contributed by atoms with Gasteiger partial charge in [-0.1, -0.05) is 36.2 Å². The third kappa shape index (κ3) is 3.18. The van der Waals surface area contributed by atoms with Crippen molar-refractivity contribution in [3.05, 3.63) is 34.9 Å². The van der Waals surface area contributed by atoms with Gasteiger partial charge in [0, 0.05) is 12.0 Å². The van der Waals surface area contributed by atoms with Gasteiger partial charge in [-0.25, -0.2) is 0 Å². The molecule has 0 bridgehead atoms. The lowest BCUT2D eigenvalue weighted by Gasteiger charge is -2.26. The van der Waals surface area contributed by atoms with Crippen LogP contribution in [0, 0.1) is 25.7 Å². The summed E-state index contributed by atoms with van der Waals surface area (Å²) in [4.78, 5) is 0. The van der Waals surface area contributed by atoms with Crippen LogP contribution in [0.1, 0.15) is 37.5 Å². The minimum atomic E-state index is 0.177. The minimum absolute atomic E-state index is 0.177. The van der Waals surface area contributed by atoms with Crippen LogP contribution < -0.4 is 5.73 Å². The Labute approximate surface area is 117 Å². The molecule has 1 heterocycles. The van der Waals surface area contributed by atoms with Crippen molar-refractivity contribution in [2.45, 2.75) is 59.3 Å². The third-order valence-electron chi connectivity index (χ3n) is 4.57. The van der Waals surface area contributed by atoms with Gasteiger partial charge in [-0.2, -0.15) is 0 Å². The lowest BCUT2D eigenvalue weighted by molar-refractivity contribution is 0.0490. The second-order valence-corrected chi connectivity index (χ2v) is 6.35. The monoisotopic (exact) mass is 261 g/mol. The second-order valence-electron chi connectivity index (χ2n) is 6.35. The molecule has 0 amide bonds. The van der Waals surface area contributed by atoms with Crippen LogP contribution in [-0.2, 0) is 11.2 Å². The summed E-state index contributed by atoms with van der Waals surface area (Å²) in [6.45, 7) is 10.9. The molecule has 2 N–H and O–H groups in total. The molecule has 0 aromatic heterocycles. The van der Waals surface area contributed by atoms with Gasteiger partial charge in [-0.15, -0.1) is 0 Å². The molecule has 2 heteroatoms. The summed E-state index contributed by atoms with van der Waals surface area (Å²) in [5.41, 5.74) is 10.5. The van der Waals surface area contributed by atoms with Crippen LogP contribution >= 0.6 is 0 Å². The highest BCUT2D eigenvalue weighted by molar-refractivity contribution is 5.29. The number of rotatable bonds is 3. The van der Waals surface area contributed by atoms with Crippen molar-refractivity contribution >= 4 is 0 Å². The molecule has 0 aliphatic carbocycles. The molecule has 1 aliphatic heterocycles. The van der Waals surface area contributed by atoms with E-state index in [0.29, 0.717) is 17.9 Å². The molecular weight excluding hydrogens is 234 g/mol. The van der Waals surface area contributed by atoms with E-state index in [0.717, 1.165) is 6.42 Å². The zero-order valence-electron chi connectivity index (χ0n) is 12.8. The first kappa shape index (κ1) is 14.5. The number of nitrogens with two attached hydrogens (primary N) is 1. The van der Waals surface area contributed by atoms with Crippen molar-refractivity contribution in [2.24, 2.45) is 17.6 Å². The highest BCUT2D eigenvalue weighted by Crippen LogP contribution is 2.34. The molecule has 0 spiro atoms. The molecule has 0 saturated carbocycles. The number of ether oxygens (including phenoxy) is 1. The first-order valence-electron chi connectivity index (χ1n) is 7.36. The molecule has 1 aromatic carbocycles. The average molecular weight is 261 g/mol. The Balaban J connectivity index is 2.10. The van der Waals surface area contributed by atoms with Crippen LogP contribution in [0.2, 0.25) is 0 Å². The SMILES string of the molecule is Cc1cc(C)cc(CC(N)C2C(C)OC(C)C2C)c1. The van der Waals surface area contributed by atoms with E-state index in [1.54, 1.807) is 0 Å². The first-order valence-corrected chi connectivity index (χ1v) is 7.36. The summed E-state index contributed by atoms with van der Waals surface area (Å²) in [5.74, 6) is 0.992. The molecule has 1 aromatic rings. The van der Waals surface area contributed by atoms with E-state index in [1.807, 2.05) is 0 Å². The molecule has 19 heavy (non-hydrogen) atoms. The summed E-state index contributed by atoms with van der Waals surface area (Å²) < 4.78 is 5.91. The lowest BCUT2D eigenvalue weighted by atomic mass is 9.81. The molecular formula is C17H27NO. The molecule has 106 valence electrons. The zero-order valence-corrected chi connectivity index (χ0v) is 12.8. The Morgan fingerprint density at radius 1 is 1.05 bits per heavy atom. The summed E-state index contributed by atoms with van der Waals surface area (Å²) in [5, 5.41) is 0. The maximum Gasteiger partial charge on any atom is 0.0597 e. The standard InChI is InChI=1S/C17H27NO/c1-10-6-11(2)8-15(7-10)9-16(18)17-12(3)13(4)19-14(17)5/h6-8,12-14,16-17H,9,18H2,1-5H3. The minimum Gasteiger partial charge on any atom is -0.375 e. The van der Waals surface area contributed by atoms with Gasteiger partial charge in [0.05, 0.1) is 12.2 Å². The van der Waals surface area contributed by atoms with E-state index in [-0.39, 0.29) is 12.1 Å². The topological polar surface area (TPSA) is 35.2 Å². The van der Waals surface area contributed by atoms with Crippen LogP contribution in [0.4, 0.5) is 0 Å². The number of hydrogen-bond donors (Lipinski definition) is 1. The first-order chi connectivity index (χ1) is 8.88. The zero-order chi connectivity index (χ0) is 14.2. The van der Waals surface area contributed by atoms with Crippen LogP contribution in [0.25, 0.3) is 0 Å². The number of benzene rings is 1. The van der Waals surface area contributed by atoms with Crippen molar-refractivity contribution in [3.8, 4) is 0 Å². The summed E-state index contributed by atoms with van der Waals surface area (Å²) in [6, 6.07) is 6.89. The molecule has 1 saturated heterocycles. The largest absolute Gasteiger partial charge is 0.375 e. The van der Waals surface area contributed by atoms with E-state index < -0.39 is 0 Å². The highest BCUT2D eigenvalue weighted by Gasteiger charge is 2.40. The summed E-state index contributed by atoms with van der Waals surface area (Å²) in [7, 11) is 0. The van der Waals surface area contributed by atoms with E-state index in [2.05, 4.69) is 52.8 Å². The molecule has 2 rings (SSSR count). The van der Waals surface area contributed by atoms with E-state index in [9.17, 15) is 0 Å². The van der Waals surface area contributed by atoms with Crippen LogP contribution in [0.5, 0.6) is 0 Å². The Hall–Kier alpha value is -0.860. The van der Waals surface area contributed by atoms with Gasteiger partial charge in [0.25, 0.3) is 0 Å². The predicted molar refractivity (Wildman–Crippen MR) is 80.3 cm³/mol. The van der Waals surface area contributed by atoms with E-state index in [1.165, 1.54) is 16.7 Å². The summed E-state index contributed by atoms with van der Waals surface area (Å²) in [6.07, 6.45) is 1.54. The summed E-state index contributed by atoms with van der Waals surface area (Å²) >= 11 is 0. The number of hydrogen-bond acceptors (Lipinski definition) is 2. The molecule has 5 atom stereocenters. The molecule has 1 fully saturated rings. The Morgan fingerprint density at radius 2 is 1.63 bits per heavy atom.